The van der Waals surface area contributed by atoms with Crippen molar-refractivity contribution in [1.29, 1.82) is 0 Å². The number of unbranched alkanes of at least 4 members (excludes halogenated alkanes) is 5. The molecule has 0 aromatic rings. The predicted molar refractivity (Wildman–Crippen MR) is 49.5 cm³/mol. The summed E-state index contributed by atoms with van der Waals surface area (Å²) in [4.78, 5) is 9.44. The Kier molecular flexibility index (Phi) is 7.65. The van der Waals surface area contributed by atoms with Gasteiger partial charge in [-0.15, -0.1) is 0 Å². The van der Waals surface area contributed by atoms with Crippen molar-refractivity contribution >= 4 is 0 Å². The largest absolute Gasteiger partial charge is 0.259 e. The zero-order chi connectivity index (χ0) is 9.23. The Bertz CT molecular complexity index is 143. The summed E-state index contributed by atoms with van der Waals surface area (Å²) >= 11 is 0. The molecule has 0 aliphatic rings. The molecule has 3 heteroatoms. The van der Waals surface area contributed by atoms with Crippen molar-refractivity contribution in [3.8, 4) is 0 Å². The van der Waals surface area contributed by atoms with Crippen LogP contribution in [0.5, 0.6) is 0 Å². The van der Waals surface area contributed by atoms with Crippen molar-refractivity contribution in [2.45, 2.75) is 45.4 Å². The molecule has 0 radical (unpaired) electrons. The van der Waals surface area contributed by atoms with Gasteiger partial charge in [-0.1, -0.05) is 32.6 Å². The highest BCUT2D eigenvalue weighted by molar-refractivity contribution is 4.71. The molecule has 0 unspecified atom stereocenters. The van der Waals surface area contributed by atoms with Crippen LogP contribution in [0.25, 0.3) is 0 Å². The van der Waals surface area contributed by atoms with Crippen molar-refractivity contribution in [2.24, 2.45) is 0 Å². The molecule has 0 spiro atoms. The van der Waals surface area contributed by atoms with E-state index in [2.05, 4.69) is 6.92 Å². The molecule has 0 amide bonds. The molecule has 0 rings (SSSR count). The lowest BCUT2D eigenvalue weighted by Gasteiger charge is -1.94. The lowest BCUT2D eigenvalue weighted by molar-refractivity contribution is -0.402. The molecule has 0 aliphatic carbocycles. The van der Waals surface area contributed by atoms with E-state index >= 15 is 0 Å². The number of nitro groups is 1. The van der Waals surface area contributed by atoms with Gasteiger partial charge in [0, 0.05) is 0 Å². The molecular formula is C9H17NO2. The first-order valence-corrected chi connectivity index (χ1v) is 4.57. The van der Waals surface area contributed by atoms with Gasteiger partial charge in [0.15, 0.2) is 0 Å². The molecule has 0 fully saturated rings. The molecule has 0 aromatic carbocycles. The van der Waals surface area contributed by atoms with Crippen LogP contribution in [0, 0.1) is 10.1 Å². The quantitative estimate of drug-likeness (QED) is 0.335. The van der Waals surface area contributed by atoms with Crippen LogP contribution in [0.1, 0.15) is 45.4 Å². The van der Waals surface area contributed by atoms with Crippen LogP contribution in [-0.4, -0.2) is 4.92 Å². The molecule has 0 aromatic heterocycles. The van der Waals surface area contributed by atoms with E-state index < -0.39 is 4.92 Å². The second-order valence-electron chi connectivity index (χ2n) is 2.87. The number of nitrogens with zero attached hydrogens (tertiary/aromatic N) is 1. The minimum Gasteiger partial charge on any atom is -0.259 e. The van der Waals surface area contributed by atoms with E-state index in [1.54, 1.807) is 6.08 Å². The van der Waals surface area contributed by atoms with Crippen LogP contribution in [0.2, 0.25) is 0 Å². The first-order valence-electron chi connectivity index (χ1n) is 4.57. The van der Waals surface area contributed by atoms with E-state index in [1.807, 2.05) is 0 Å². The minimum atomic E-state index is -0.411. The van der Waals surface area contributed by atoms with Gasteiger partial charge in [-0.3, -0.25) is 10.1 Å². The number of hydrogen-bond acceptors (Lipinski definition) is 2. The maximum atomic E-state index is 9.85. The molecular weight excluding hydrogens is 154 g/mol. The molecule has 0 saturated carbocycles. The summed E-state index contributed by atoms with van der Waals surface area (Å²) in [6.45, 7) is 2.17. The predicted octanol–water partition coefficient (Wildman–Crippen LogP) is 3.14. The second-order valence-corrected chi connectivity index (χ2v) is 2.87. The van der Waals surface area contributed by atoms with Gasteiger partial charge in [-0.05, 0) is 18.9 Å². The average Bonchev–Trinajstić information content (AvgIpc) is 2.02. The van der Waals surface area contributed by atoms with Crippen molar-refractivity contribution in [3.63, 3.8) is 0 Å². The van der Waals surface area contributed by atoms with Crippen molar-refractivity contribution < 1.29 is 4.92 Å². The second kappa shape index (κ2) is 8.24. The van der Waals surface area contributed by atoms with E-state index in [0.717, 1.165) is 19.0 Å². The van der Waals surface area contributed by atoms with Crippen LogP contribution in [0.4, 0.5) is 0 Å². The Morgan fingerprint density at radius 2 is 1.92 bits per heavy atom. The Morgan fingerprint density at radius 3 is 2.50 bits per heavy atom. The van der Waals surface area contributed by atoms with Gasteiger partial charge in [0.1, 0.15) is 0 Å². The number of rotatable bonds is 7. The van der Waals surface area contributed by atoms with E-state index in [1.165, 1.54) is 25.7 Å². The third-order valence-corrected chi connectivity index (χ3v) is 1.70. The fourth-order valence-electron chi connectivity index (χ4n) is 1.03. The zero-order valence-corrected chi connectivity index (χ0v) is 7.66. The summed E-state index contributed by atoms with van der Waals surface area (Å²) in [5.74, 6) is 0. The van der Waals surface area contributed by atoms with Gasteiger partial charge in [0.05, 0.1) is 4.92 Å². The monoisotopic (exact) mass is 171 g/mol. The lowest BCUT2D eigenvalue weighted by atomic mass is 10.1. The van der Waals surface area contributed by atoms with Crippen molar-refractivity contribution in [1.82, 2.24) is 0 Å². The summed E-state index contributed by atoms with van der Waals surface area (Å²) in [5.41, 5.74) is 0. The minimum absolute atomic E-state index is 0.411. The first kappa shape index (κ1) is 11.1. The third-order valence-electron chi connectivity index (χ3n) is 1.70. The molecule has 0 aliphatic heterocycles. The van der Waals surface area contributed by atoms with Crippen molar-refractivity contribution in [2.75, 3.05) is 0 Å². The topological polar surface area (TPSA) is 43.1 Å². The first-order chi connectivity index (χ1) is 5.77. The van der Waals surface area contributed by atoms with E-state index in [9.17, 15) is 10.1 Å². The smallest absolute Gasteiger partial charge is 0.230 e. The van der Waals surface area contributed by atoms with Crippen LogP contribution in [0.3, 0.4) is 0 Å². The number of allylic oxidation sites excluding steroid dienone is 1. The van der Waals surface area contributed by atoms with Gasteiger partial charge in [-0.2, -0.15) is 0 Å². The van der Waals surface area contributed by atoms with E-state index in [-0.39, 0.29) is 0 Å². The Hall–Kier alpha value is -0.860. The zero-order valence-electron chi connectivity index (χ0n) is 7.66. The van der Waals surface area contributed by atoms with Crippen LogP contribution in [-0.2, 0) is 0 Å². The van der Waals surface area contributed by atoms with Crippen LogP contribution >= 0.6 is 0 Å². The molecule has 3 nitrogen and oxygen atoms in total. The Morgan fingerprint density at radius 1 is 1.25 bits per heavy atom. The molecule has 0 heterocycles. The highest BCUT2D eigenvalue weighted by Gasteiger charge is 1.88. The highest BCUT2D eigenvalue weighted by atomic mass is 16.6. The fraction of sp³-hybridized carbons (Fsp3) is 0.778. The van der Waals surface area contributed by atoms with Gasteiger partial charge >= 0.3 is 0 Å². The normalized spacial score (nSPS) is 10.8. The molecule has 0 N–H and O–H groups in total. The van der Waals surface area contributed by atoms with Crippen LogP contribution in [0.15, 0.2) is 12.3 Å². The lowest BCUT2D eigenvalue weighted by Crippen LogP contribution is -1.82. The molecule has 70 valence electrons. The number of hydrogen-bond donors (Lipinski definition) is 0. The maximum Gasteiger partial charge on any atom is 0.230 e. The molecule has 12 heavy (non-hydrogen) atoms. The molecule has 0 bridgehead atoms. The van der Waals surface area contributed by atoms with Gasteiger partial charge in [0.25, 0.3) is 0 Å². The summed E-state index contributed by atoms with van der Waals surface area (Å²) in [6, 6.07) is 0. The third kappa shape index (κ3) is 9.14. The van der Waals surface area contributed by atoms with Crippen LogP contribution < -0.4 is 0 Å². The molecule has 0 atom stereocenters. The van der Waals surface area contributed by atoms with Gasteiger partial charge in [0.2, 0.25) is 6.20 Å². The summed E-state index contributed by atoms with van der Waals surface area (Å²) in [7, 11) is 0. The Labute approximate surface area is 73.6 Å². The van der Waals surface area contributed by atoms with Gasteiger partial charge in [-0.25, -0.2) is 0 Å². The maximum absolute atomic E-state index is 9.85. The molecule has 0 saturated heterocycles. The van der Waals surface area contributed by atoms with E-state index in [4.69, 9.17) is 0 Å². The standard InChI is InChI=1S/C9H17NO2/c1-2-3-4-5-6-7-8-9-10(11)12/h8-9H,2-7H2,1H3. The van der Waals surface area contributed by atoms with Gasteiger partial charge < -0.3 is 0 Å². The highest BCUT2D eigenvalue weighted by Crippen LogP contribution is 2.04. The summed E-state index contributed by atoms with van der Waals surface area (Å²) in [6.07, 6.45) is 9.53. The van der Waals surface area contributed by atoms with E-state index in [0.29, 0.717) is 0 Å². The fourth-order valence-corrected chi connectivity index (χ4v) is 1.03. The summed E-state index contributed by atoms with van der Waals surface area (Å²) < 4.78 is 0. The average molecular weight is 171 g/mol. The SMILES string of the molecule is CCCCCCCC=C[N+](=O)[O-]. The van der Waals surface area contributed by atoms with Crippen molar-refractivity contribution in [3.05, 3.63) is 22.4 Å². The Balaban J connectivity index is 3.05. The summed E-state index contributed by atoms with van der Waals surface area (Å²) in [5, 5.41) is 9.85.